The van der Waals surface area contributed by atoms with E-state index in [4.69, 9.17) is 5.73 Å². The number of amides is 1. The second-order valence-corrected chi connectivity index (χ2v) is 6.61. The molecule has 1 amide bonds. The van der Waals surface area contributed by atoms with Crippen LogP contribution < -0.4 is 5.73 Å². The highest BCUT2D eigenvalue weighted by molar-refractivity contribution is 5.99. The molecule has 0 saturated heterocycles. The maximum absolute atomic E-state index is 15.4. The van der Waals surface area contributed by atoms with Gasteiger partial charge in [-0.15, -0.1) is 10.2 Å². The van der Waals surface area contributed by atoms with Crippen LogP contribution in [0, 0.1) is 18.7 Å². The standard InChI is InChI=1S/C19H18FN5O/c1-10-14(19-23-9-24-25-19)12(8-11-5-6-11)16(18(21)26)17(20)15(10)13-4-2-3-7-22-13/h2-4,7,9,11H,5-6,8H2,1H3,(H2,21,26)(H,23,24,25). The highest BCUT2D eigenvalue weighted by atomic mass is 19.1. The summed E-state index contributed by atoms with van der Waals surface area (Å²) in [6.07, 6.45) is 5.77. The zero-order valence-electron chi connectivity index (χ0n) is 14.3. The molecular weight excluding hydrogens is 333 g/mol. The number of benzene rings is 1. The molecule has 132 valence electrons. The predicted molar refractivity (Wildman–Crippen MR) is 94.7 cm³/mol. The summed E-state index contributed by atoms with van der Waals surface area (Å²) in [6, 6.07) is 5.24. The molecule has 6 nitrogen and oxygen atoms in total. The topological polar surface area (TPSA) is 97.6 Å². The summed E-state index contributed by atoms with van der Waals surface area (Å²) in [4.78, 5) is 19.4. The van der Waals surface area contributed by atoms with E-state index < -0.39 is 11.7 Å². The van der Waals surface area contributed by atoms with Crippen LogP contribution >= 0.6 is 0 Å². The Balaban J connectivity index is 2.07. The number of aromatic amines is 1. The number of aromatic nitrogens is 4. The Hall–Kier alpha value is -3.09. The van der Waals surface area contributed by atoms with Gasteiger partial charge in [0.2, 0.25) is 0 Å². The molecule has 0 spiro atoms. The van der Waals surface area contributed by atoms with Crippen LogP contribution in [-0.4, -0.2) is 26.1 Å². The first-order valence-electron chi connectivity index (χ1n) is 8.50. The van der Waals surface area contributed by atoms with E-state index in [9.17, 15) is 4.79 Å². The third-order valence-corrected chi connectivity index (χ3v) is 4.80. The van der Waals surface area contributed by atoms with Crippen LogP contribution in [0.4, 0.5) is 4.39 Å². The summed E-state index contributed by atoms with van der Waals surface area (Å²) in [6.45, 7) is 1.81. The first-order valence-corrected chi connectivity index (χ1v) is 8.50. The van der Waals surface area contributed by atoms with Gasteiger partial charge < -0.3 is 10.7 Å². The third kappa shape index (κ3) is 2.75. The lowest BCUT2D eigenvalue weighted by Crippen LogP contribution is -2.19. The first-order chi connectivity index (χ1) is 12.6. The zero-order chi connectivity index (χ0) is 18.3. The number of nitrogens with two attached hydrogens (primary N) is 1. The molecule has 1 saturated carbocycles. The van der Waals surface area contributed by atoms with E-state index in [1.165, 1.54) is 6.33 Å². The zero-order valence-corrected chi connectivity index (χ0v) is 14.3. The molecule has 1 aliphatic rings. The Bertz CT molecular complexity index is 966. The molecule has 1 aliphatic carbocycles. The van der Waals surface area contributed by atoms with Crippen LogP contribution in [0.3, 0.4) is 0 Å². The molecule has 1 fully saturated rings. The molecule has 3 aromatic rings. The molecule has 0 aliphatic heterocycles. The summed E-state index contributed by atoms with van der Waals surface area (Å²) in [5, 5.41) is 7.94. The highest BCUT2D eigenvalue weighted by Gasteiger charge is 2.32. The van der Waals surface area contributed by atoms with Gasteiger partial charge in [0.05, 0.1) is 11.3 Å². The number of pyridine rings is 1. The van der Waals surface area contributed by atoms with Gasteiger partial charge in [0.1, 0.15) is 12.1 Å². The Kier molecular flexibility index (Phi) is 3.99. The average molecular weight is 351 g/mol. The summed E-state index contributed by atoms with van der Waals surface area (Å²) in [5.41, 5.74) is 8.18. The van der Waals surface area contributed by atoms with Crippen molar-refractivity contribution >= 4 is 5.91 Å². The van der Waals surface area contributed by atoms with Gasteiger partial charge in [0.25, 0.3) is 5.91 Å². The monoisotopic (exact) mass is 351 g/mol. The van der Waals surface area contributed by atoms with E-state index in [2.05, 4.69) is 20.2 Å². The van der Waals surface area contributed by atoms with Gasteiger partial charge in [0.15, 0.2) is 5.82 Å². The lowest BCUT2D eigenvalue weighted by Gasteiger charge is -2.19. The fourth-order valence-corrected chi connectivity index (χ4v) is 3.43. The summed E-state index contributed by atoms with van der Waals surface area (Å²) in [5.74, 6) is -0.462. The van der Waals surface area contributed by atoms with Crippen molar-refractivity contribution < 1.29 is 9.18 Å². The molecule has 0 radical (unpaired) electrons. The molecular formula is C19H18FN5O. The Labute approximate surface area is 149 Å². The van der Waals surface area contributed by atoms with Gasteiger partial charge in [-0.05, 0) is 55.4 Å². The molecule has 26 heavy (non-hydrogen) atoms. The van der Waals surface area contributed by atoms with Crippen LogP contribution in [0.1, 0.15) is 34.3 Å². The van der Waals surface area contributed by atoms with Gasteiger partial charge in [-0.2, -0.15) is 0 Å². The first kappa shape index (κ1) is 16.4. The van der Waals surface area contributed by atoms with Crippen LogP contribution in [-0.2, 0) is 6.42 Å². The molecule has 2 heterocycles. The number of carbonyl (C=O) groups excluding carboxylic acids is 1. The maximum atomic E-state index is 15.4. The molecule has 1 aromatic carbocycles. The lowest BCUT2D eigenvalue weighted by molar-refractivity contribution is 0.0995. The van der Waals surface area contributed by atoms with E-state index >= 15 is 4.39 Å². The van der Waals surface area contributed by atoms with E-state index in [1.54, 1.807) is 24.4 Å². The van der Waals surface area contributed by atoms with Crippen molar-refractivity contribution in [1.82, 2.24) is 20.2 Å². The van der Waals surface area contributed by atoms with Crippen molar-refractivity contribution in [2.75, 3.05) is 0 Å². The van der Waals surface area contributed by atoms with Crippen LogP contribution in [0.2, 0.25) is 0 Å². The summed E-state index contributed by atoms with van der Waals surface area (Å²) < 4.78 is 15.4. The number of nitrogens with zero attached hydrogens (tertiary/aromatic N) is 3. The van der Waals surface area contributed by atoms with Crippen LogP contribution in [0.25, 0.3) is 22.6 Å². The maximum Gasteiger partial charge on any atom is 0.252 e. The van der Waals surface area contributed by atoms with Gasteiger partial charge in [-0.25, -0.2) is 4.39 Å². The molecule has 2 aromatic heterocycles. The number of hydrogen-bond acceptors (Lipinski definition) is 4. The fourth-order valence-electron chi connectivity index (χ4n) is 3.43. The van der Waals surface area contributed by atoms with Crippen molar-refractivity contribution in [1.29, 1.82) is 0 Å². The Morgan fingerprint density at radius 3 is 2.73 bits per heavy atom. The number of nitrogens with one attached hydrogen (secondary N) is 1. The van der Waals surface area contributed by atoms with E-state index in [1.807, 2.05) is 6.92 Å². The molecule has 3 N–H and O–H groups in total. The molecule has 0 atom stereocenters. The highest BCUT2D eigenvalue weighted by Crippen LogP contribution is 2.42. The number of primary amides is 1. The Morgan fingerprint density at radius 1 is 1.35 bits per heavy atom. The minimum atomic E-state index is -0.781. The van der Waals surface area contributed by atoms with Crippen molar-refractivity contribution in [3.05, 3.63) is 53.2 Å². The van der Waals surface area contributed by atoms with Gasteiger partial charge in [0, 0.05) is 17.3 Å². The van der Waals surface area contributed by atoms with Gasteiger partial charge in [-0.1, -0.05) is 6.07 Å². The minimum Gasteiger partial charge on any atom is -0.365 e. The third-order valence-electron chi connectivity index (χ3n) is 4.80. The molecule has 0 unspecified atom stereocenters. The number of carbonyl (C=O) groups is 1. The second-order valence-electron chi connectivity index (χ2n) is 6.61. The van der Waals surface area contributed by atoms with Gasteiger partial charge in [-0.3, -0.25) is 9.78 Å². The fraction of sp³-hybridized carbons (Fsp3) is 0.263. The minimum absolute atomic E-state index is 0.0745. The quantitative estimate of drug-likeness (QED) is 0.738. The number of halogens is 1. The average Bonchev–Trinajstić information content (AvgIpc) is 3.27. The number of hydrogen-bond donors (Lipinski definition) is 2. The predicted octanol–water partition coefficient (Wildman–Crippen LogP) is 3.03. The van der Waals surface area contributed by atoms with E-state index in [0.717, 1.165) is 12.8 Å². The van der Waals surface area contributed by atoms with E-state index in [-0.39, 0.29) is 11.1 Å². The number of H-pyrrole nitrogens is 1. The van der Waals surface area contributed by atoms with Crippen molar-refractivity contribution in [2.45, 2.75) is 26.2 Å². The number of rotatable bonds is 5. The second kappa shape index (κ2) is 6.33. The van der Waals surface area contributed by atoms with Crippen LogP contribution in [0.15, 0.2) is 30.7 Å². The van der Waals surface area contributed by atoms with Crippen LogP contribution in [0.5, 0.6) is 0 Å². The van der Waals surface area contributed by atoms with E-state index in [0.29, 0.717) is 40.5 Å². The largest absolute Gasteiger partial charge is 0.365 e. The smallest absolute Gasteiger partial charge is 0.252 e. The normalized spacial score (nSPS) is 13.8. The molecule has 4 rings (SSSR count). The van der Waals surface area contributed by atoms with Crippen molar-refractivity contribution in [3.8, 4) is 22.6 Å². The van der Waals surface area contributed by atoms with Crippen molar-refractivity contribution in [2.24, 2.45) is 11.7 Å². The molecule has 0 bridgehead atoms. The van der Waals surface area contributed by atoms with Crippen molar-refractivity contribution in [3.63, 3.8) is 0 Å². The molecule has 7 heteroatoms. The lowest BCUT2D eigenvalue weighted by atomic mass is 9.86. The summed E-state index contributed by atoms with van der Waals surface area (Å²) in [7, 11) is 0. The summed E-state index contributed by atoms with van der Waals surface area (Å²) >= 11 is 0. The Morgan fingerprint density at radius 2 is 2.15 bits per heavy atom. The van der Waals surface area contributed by atoms with Gasteiger partial charge >= 0.3 is 0 Å². The SMILES string of the molecule is Cc1c(-c2ccccn2)c(F)c(C(N)=O)c(CC2CC2)c1-c1nnc[nH]1.